The third-order valence-corrected chi connectivity index (χ3v) is 7.87. The zero-order valence-electron chi connectivity index (χ0n) is 18.3. The van der Waals surface area contributed by atoms with Gasteiger partial charge in [-0.05, 0) is 44.4 Å². The van der Waals surface area contributed by atoms with Gasteiger partial charge < -0.3 is 9.80 Å². The summed E-state index contributed by atoms with van der Waals surface area (Å²) in [7, 11) is 0. The maximum Gasteiger partial charge on any atom is 0.255 e. The molecule has 0 N–H and O–H groups in total. The van der Waals surface area contributed by atoms with Crippen molar-refractivity contribution in [3.8, 4) is 0 Å². The molecule has 5 rings (SSSR count). The second-order valence-corrected chi connectivity index (χ2v) is 9.93. The smallest absolute Gasteiger partial charge is 0.255 e. The number of anilines is 1. The highest BCUT2D eigenvalue weighted by Crippen LogP contribution is 2.38. The van der Waals surface area contributed by atoms with Crippen molar-refractivity contribution >= 4 is 33.3 Å². The summed E-state index contributed by atoms with van der Waals surface area (Å²) in [5.74, 6) is 2.64. The number of hydrogen-bond acceptors (Lipinski definition) is 6. The van der Waals surface area contributed by atoms with E-state index in [1.165, 1.54) is 47.9 Å². The molecule has 2 fully saturated rings. The molecule has 3 aromatic rings. The number of pyridine rings is 1. The summed E-state index contributed by atoms with van der Waals surface area (Å²) in [6, 6.07) is 3.65. The minimum atomic E-state index is 0.0611. The van der Waals surface area contributed by atoms with Gasteiger partial charge in [0.25, 0.3) is 5.91 Å². The monoisotopic (exact) mass is 435 g/mol. The first-order chi connectivity index (χ1) is 15.1. The normalized spacial score (nSPS) is 18.0. The van der Waals surface area contributed by atoms with E-state index in [0.717, 1.165) is 29.6 Å². The molecular weight excluding hydrogens is 406 g/mol. The third kappa shape index (κ3) is 3.91. The van der Waals surface area contributed by atoms with Gasteiger partial charge >= 0.3 is 0 Å². The van der Waals surface area contributed by atoms with Gasteiger partial charge in [-0.25, -0.2) is 9.97 Å². The topological polar surface area (TPSA) is 62.2 Å². The van der Waals surface area contributed by atoms with E-state index in [2.05, 4.69) is 23.7 Å². The Balaban J connectivity index is 1.42. The van der Waals surface area contributed by atoms with Crippen molar-refractivity contribution in [2.75, 3.05) is 31.1 Å². The summed E-state index contributed by atoms with van der Waals surface area (Å²) >= 11 is 1.79. The summed E-state index contributed by atoms with van der Waals surface area (Å²) < 4.78 is 0. The Kier molecular flexibility index (Phi) is 5.61. The molecule has 162 valence electrons. The predicted octanol–water partition coefficient (Wildman–Crippen LogP) is 4.71. The second kappa shape index (κ2) is 8.54. The van der Waals surface area contributed by atoms with E-state index in [1.54, 1.807) is 23.7 Å². The molecule has 0 bridgehead atoms. The fourth-order valence-electron chi connectivity index (χ4n) is 4.81. The Morgan fingerprint density at radius 2 is 1.84 bits per heavy atom. The number of thiophene rings is 1. The predicted molar refractivity (Wildman–Crippen MR) is 125 cm³/mol. The number of fused-ring (bicyclic) bond motifs is 1. The first-order valence-corrected chi connectivity index (χ1v) is 12.2. The molecule has 1 amide bonds. The lowest BCUT2D eigenvalue weighted by Crippen LogP contribution is -2.49. The average molecular weight is 436 g/mol. The summed E-state index contributed by atoms with van der Waals surface area (Å²) in [6.45, 7) is 7.33. The number of aryl methyl sites for hydroxylation is 2. The van der Waals surface area contributed by atoms with Crippen LogP contribution in [0.3, 0.4) is 0 Å². The van der Waals surface area contributed by atoms with Crippen LogP contribution in [0, 0.1) is 13.8 Å². The van der Waals surface area contributed by atoms with Crippen molar-refractivity contribution in [1.82, 2.24) is 19.9 Å². The highest BCUT2D eigenvalue weighted by Gasteiger charge is 2.28. The van der Waals surface area contributed by atoms with Crippen LogP contribution in [-0.4, -0.2) is 51.9 Å². The largest absolute Gasteiger partial charge is 0.352 e. The van der Waals surface area contributed by atoms with Gasteiger partial charge in [0.15, 0.2) is 0 Å². The molecule has 4 heterocycles. The third-order valence-electron chi connectivity index (χ3n) is 6.77. The molecule has 1 saturated carbocycles. The molecule has 7 heteroatoms. The van der Waals surface area contributed by atoms with Gasteiger partial charge in [0.2, 0.25) is 0 Å². The number of nitrogens with zero attached hydrogens (tertiary/aromatic N) is 5. The van der Waals surface area contributed by atoms with Crippen LogP contribution in [0.15, 0.2) is 24.5 Å². The molecule has 0 radical (unpaired) electrons. The minimum Gasteiger partial charge on any atom is -0.352 e. The van der Waals surface area contributed by atoms with E-state index in [0.29, 0.717) is 24.6 Å². The van der Waals surface area contributed by atoms with Crippen molar-refractivity contribution in [2.45, 2.75) is 51.9 Å². The molecule has 1 saturated heterocycles. The Hall–Kier alpha value is -2.54. The molecule has 0 unspecified atom stereocenters. The number of hydrogen-bond donors (Lipinski definition) is 0. The van der Waals surface area contributed by atoms with Gasteiger partial charge in [-0.2, -0.15) is 0 Å². The van der Waals surface area contributed by atoms with Gasteiger partial charge in [0.05, 0.1) is 10.9 Å². The van der Waals surface area contributed by atoms with Gasteiger partial charge in [0.1, 0.15) is 16.5 Å². The molecule has 0 spiro atoms. The first kappa shape index (κ1) is 20.4. The first-order valence-electron chi connectivity index (χ1n) is 11.3. The highest BCUT2D eigenvalue weighted by molar-refractivity contribution is 7.18. The lowest BCUT2D eigenvalue weighted by molar-refractivity contribution is 0.0746. The molecule has 0 aromatic carbocycles. The molecule has 1 aliphatic carbocycles. The molecule has 6 nitrogen and oxygen atoms in total. The van der Waals surface area contributed by atoms with Crippen molar-refractivity contribution in [2.24, 2.45) is 0 Å². The van der Waals surface area contributed by atoms with Crippen LogP contribution in [0.4, 0.5) is 5.82 Å². The number of carbonyl (C=O) groups is 1. The zero-order valence-corrected chi connectivity index (χ0v) is 19.1. The average Bonchev–Trinajstić information content (AvgIpc) is 3.12. The maximum atomic E-state index is 12.8. The summed E-state index contributed by atoms with van der Waals surface area (Å²) in [4.78, 5) is 33.8. The quantitative estimate of drug-likeness (QED) is 0.596. The number of aromatic nitrogens is 3. The van der Waals surface area contributed by atoms with E-state index in [9.17, 15) is 4.79 Å². The number of amides is 1. The van der Waals surface area contributed by atoms with Crippen LogP contribution in [0.5, 0.6) is 0 Å². The molecule has 0 atom stereocenters. The van der Waals surface area contributed by atoms with Crippen LogP contribution >= 0.6 is 11.3 Å². The summed E-state index contributed by atoms with van der Waals surface area (Å²) in [5.41, 5.74) is 1.95. The summed E-state index contributed by atoms with van der Waals surface area (Å²) in [5, 5.41) is 1.20. The Morgan fingerprint density at radius 1 is 1.06 bits per heavy atom. The Morgan fingerprint density at radius 3 is 2.55 bits per heavy atom. The van der Waals surface area contributed by atoms with E-state index >= 15 is 0 Å². The second-order valence-electron chi connectivity index (χ2n) is 8.72. The van der Waals surface area contributed by atoms with Gasteiger partial charge in [-0.1, -0.05) is 19.3 Å². The molecular formula is C24H29N5OS. The maximum absolute atomic E-state index is 12.8. The van der Waals surface area contributed by atoms with E-state index in [4.69, 9.17) is 9.97 Å². The van der Waals surface area contributed by atoms with Gasteiger partial charge in [0, 0.05) is 49.4 Å². The fraction of sp³-hybridized carbons (Fsp3) is 0.500. The lowest BCUT2D eigenvalue weighted by atomic mass is 9.88. The molecule has 3 aromatic heterocycles. The van der Waals surface area contributed by atoms with Gasteiger partial charge in [-0.3, -0.25) is 9.78 Å². The van der Waals surface area contributed by atoms with Crippen LogP contribution in [-0.2, 0) is 0 Å². The number of piperazine rings is 1. The van der Waals surface area contributed by atoms with Crippen LogP contribution in [0.25, 0.3) is 10.2 Å². The molecule has 1 aliphatic heterocycles. The Bertz CT molecular complexity index is 1080. The fourth-order valence-corrected chi connectivity index (χ4v) is 5.84. The van der Waals surface area contributed by atoms with Crippen molar-refractivity contribution in [3.63, 3.8) is 0 Å². The molecule has 31 heavy (non-hydrogen) atoms. The Labute approximate surface area is 187 Å². The van der Waals surface area contributed by atoms with E-state index in [-0.39, 0.29) is 5.91 Å². The molecule has 2 aliphatic rings. The van der Waals surface area contributed by atoms with E-state index in [1.807, 2.05) is 17.0 Å². The van der Waals surface area contributed by atoms with Crippen LogP contribution in [0.1, 0.15) is 64.6 Å². The standard InChI is InChI=1S/C24H29N5OS/c1-16-17(2)31-23-20(16)22(26-21(27-23)18-7-4-3-5-8-18)28-11-13-29(14-12-28)24(30)19-9-6-10-25-15-19/h6,9-10,15,18H,3-5,7-8,11-14H2,1-2H3. The van der Waals surface area contributed by atoms with Crippen LogP contribution in [0.2, 0.25) is 0 Å². The minimum absolute atomic E-state index is 0.0611. The summed E-state index contributed by atoms with van der Waals surface area (Å²) in [6.07, 6.45) is 9.62. The van der Waals surface area contributed by atoms with E-state index < -0.39 is 0 Å². The van der Waals surface area contributed by atoms with Crippen molar-refractivity contribution in [1.29, 1.82) is 0 Å². The highest BCUT2D eigenvalue weighted by atomic mass is 32.1. The van der Waals surface area contributed by atoms with Crippen molar-refractivity contribution in [3.05, 3.63) is 46.4 Å². The lowest BCUT2D eigenvalue weighted by Gasteiger charge is -2.36. The zero-order chi connectivity index (χ0) is 21.4. The van der Waals surface area contributed by atoms with Crippen LogP contribution < -0.4 is 4.90 Å². The van der Waals surface area contributed by atoms with Crippen molar-refractivity contribution < 1.29 is 4.79 Å². The number of rotatable bonds is 3. The van der Waals surface area contributed by atoms with Gasteiger partial charge in [-0.15, -0.1) is 11.3 Å². The number of carbonyl (C=O) groups excluding carboxylic acids is 1. The SMILES string of the molecule is Cc1sc2nc(C3CCCCC3)nc(N3CCN(C(=O)c4cccnc4)CC3)c2c1C.